The highest BCUT2D eigenvalue weighted by Gasteiger charge is 2.40. The van der Waals surface area contributed by atoms with Gasteiger partial charge in [0.05, 0.1) is 0 Å². The van der Waals surface area contributed by atoms with Gasteiger partial charge in [0, 0.05) is 25.1 Å². The Morgan fingerprint density at radius 3 is 2.65 bits per heavy atom. The lowest BCUT2D eigenvalue weighted by Crippen LogP contribution is -2.52. The van der Waals surface area contributed by atoms with Crippen molar-refractivity contribution < 1.29 is 18.8 Å². The number of carbonyl (C=O) groups excluding carboxylic acids is 3. The molecule has 0 bridgehead atoms. The average Bonchev–Trinajstić information content (AvgIpc) is 3.37. The largest absolute Gasteiger partial charge is 0.322 e. The molecule has 1 N–H and O–H groups in total. The van der Waals surface area contributed by atoms with Crippen LogP contribution < -0.4 is 5.32 Å². The molecule has 3 aliphatic heterocycles. The summed E-state index contributed by atoms with van der Waals surface area (Å²) in [5.74, 6) is -1.31. The maximum atomic E-state index is 15.0. The van der Waals surface area contributed by atoms with E-state index in [1.54, 1.807) is 11.3 Å². The van der Waals surface area contributed by atoms with Gasteiger partial charge in [-0.1, -0.05) is 6.07 Å². The van der Waals surface area contributed by atoms with Crippen LogP contribution >= 0.6 is 11.3 Å². The number of likely N-dealkylation sites (tertiary alicyclic amines) is 1. The van der Waals surface area contributed by atoms with E-state index in [1.165, 1.54) is 16.5 Å². The van der Waals surface area contributed by atoms with Crippen molar-refractivity contribution in [1.29, 1.82) is 0 Å². The lowest BCUT2D eigenvalue weighted by molar-refractivity contribution is -0.136. The molecule has 4 heterocycles. The van der Waals surface area contributed by atoms with E-state index in [9.17, 15) is 18.8 Å². The number of hydrogen-bond acceptors (Lipinski definition) is 5. The number of benzene rings is 1. The number of piperidine rings is 2. The molecule has 5 rings (SSSR count). The third kappa shape index (κ3) is 3.90. The van der Waals surface area contributed by atoms with Crippen LogP contribution in [0.15, 0.2) is 29.0 Å². The number of halogens is 1. The highest BCUT2D eigenvalue weighted by molar-refractivity contribution is 7.07. The van der Waals surface area contributed by atoms with Crippen molar-refractivity contribution in [1.82, 2.24) is 15.1 Å². The summed E-state index contributed by atoms with van der Waals surface area (Å²) in [5.41, 5.74) is 3.10. The van der Waals surface area contributed by atoms with Gasteiger partial charge in [-0.2, -0.15) is 11.3 Å². The summed E-state index contributed by atoms with van der Waals surface area (Å²) < 4.78 is 15.0. The first-order valence-corrected chi connectivity index (χ1v) is 11.6. The monoisotopic (exact) mass is 441 g/mol. The molecular weight excluding hydrogens is 417 g/mol. The molecule has 3 amide bonds. The summed E-state index contributed by atoms with van der Waals surface area (Å²) in [6, 6.07) is 4.64. The van der Waals surface area contributed by atoms with Gasteiger partial charge in [-0.3, -0.25) is 24.6 Å². The van der Waals surface area contributed by atoms with E-state index in [2.05, 4.69) is 27.0 Å². The molecule has 6 nitrogen and oxygen atoms in total. The second kappa shape index (κ2) is 8.16. The van der Waals surface area contributed by atoms with Gasteiger partial charge in [0.1, 0.15) is 11.9 Å². The Balaban J connectivity index is 1.29. The Morgan fingerprint density at radius 1 is 1.13 bits per heavy atom. The molecule has 3 aliphatic rings. The Kier molecular flexibility index (Phi) is 5.35. The first-order valence-electron chi connectivity index (χ1n) is 10.7. The van der Waals surface area contributed by atoms with Crippen molar-refractivity contribution in [2.24, 2.45) is 0 Å². The summed E-state index contributed by atoms with van der Waals surface area (Å²) >= 11 is 1.70. The van der Waals surface area contributed by atoms with Gasteiger partial charge in [-0.05, 0) is 77.9 Å². The molecule has 0 saturated carbocycles. The lowest BCUT2D eigenvalue weighted by atomic mass is 9.87. The summed E-state index contributed by atoms with van der Waals surface area (Å²) in [6.07, 6.45) is 2.28. The second-order valence-corrected chi connectivity index (χ2v) is 9.39. The number of thiophene rings is 1. The fourth-order valence-electron chi connectivity index (χ4n) is 4.96. The van der Waals surface area contributed by atoms with Crippen molar-refractivity contribution in [2.75, 3.05) is 13.1 Å². The predicted molar refractivity (Wildman–Crippen MR) is 114 cm³/mol. The van der Waals surface area contributed by atoms with E-state index in [1.807, 2.05) is 6.07 Å². The van der Waals surface area contributed by atoms with E-state index in [4.69, 9.17) is 0 Å². The van der Waals surface area contributed by atoms with Gasteiger partial charge in [0.2, 0.25) is 11.8 Å². The molecule has 2 aromatic rings. The van der Waals surface area contributed by atoms with Crippen LogP contribution in [0.25, 0.3) is 0 Å². The lowest BCUT2D eigenvalue weighted by Gasteiger charge is -2.32. The van der Waals surface area contributed by atoms with Crippen molar-refractivity contribution in [3.63, 3.8) is 0 Å². The van der Waals surface area contributed by atoms with Crippen LogP contribution in [0.5, 0.6) is 0 Å². The first-order chi connectivity index (χ1) is 15.0. The van der Waals surface area contributed by atoms with Crippen LogP contribution in [0, 0.1) is 5.82 Å². The maximum absolute atomic E-state index is 15.0. The molecule has 1 aromatic heterocycles. The molecule has 2 saturated heterocycles. The van der Waals surface area contributed by atoms with Crippen molar-refractivity contribution in [3.05, 3.63) is 57.0 Å². The molecule has 162 valence electrons. The van der Waals surface area contributed by atoms with Gasteiger partial charge in [-0.25, -0.2) is 4.39 Å². The minimum atomic E-state index is -0.676. The summed E-state index contributed by atoms with van der Waals surface area (Å²) in [5, 5.41) is 6.55. The number of rotatable bonds is 4. The minimum absolute atomic E-state index is 0.128. The molecule has 31 heavy (non-hydrogen) atoms. The Hall–Kier alpha value is -2.58. The molecule has 0 spiro atoms. The Bertz CT molecular complexity index is 1030. The third-order valence-corrected chi connectivity index (χ3v) is 7.39. The molecule has 1 atom stereocenters. The van der Waals surface area contributed by atoms with Crippen LogP contribution in [-0.2, 0) is 22.7 Å². The number of nitrogens with zero attached hydrogens (tertiary/aromatic N) is 2. The fourth-order valence-corrected chi connectivity index (χ4v) is 5.62. The predicted octanol–water partition coefficient (Wildman–Crippen LogP) is 3.03. The SMILES string of the molecule is O=C1CCC(N2Cc3cc(C4CCN(Cc5ccsc5)CC4)c(F)cc3C2=O)C(=O)N1. The highest BCUT2D eigenvalue weighted by Crippen LogP contribution is 2.35. The number of amides is 3. The number of carbonyl (C=O) groups is 3. The van der Waals surface area contributed by atoms with Gasteiger partial charge in [0.15, 0.2) is 0 Å². The maximum Gasteiger partial charge on any atom is 0.255 e. The molecular formula is C23H24FN3O3S. The zero-order valence-corrected chi connectivity index (χ0v) is 17.9. The van der Waals surface area contributed by atoms with Gasteiger partial charge in [-0.15, -0.1) is 0 Å². The van der Waals surface area contributed by atoms with E-state index in [0.29, 0.717) is 17.5 Å². The van der Waals surface area contributed by atoms with Crippen molar-refractivity contribution >= 4 is 29.1 Å². The number of hydrogen-bond donors (Lipinski definition) is 1. The smallest absolute Gasteiger partial charge is 0.255 e. The average molecular weight is 442 g/mol. The van der Waals surface area contributed by atoms with Crippen LogP contribution in [0.3, 0.4) is 0 Å². The molecule has 0 aliphatic carbocycles. The Morgan fingerprint density at radius 2 is 1.94 bits per heavy atom. The zero-order valence-electron chi connectivity index (χ0n) is 17.1. The van der Waals surface area contributed by atoms with E-state index in [-0.39, 0.29) is 36.5 Å². The van der Waals surface area contributed by atoms with Gasteiger partial charge < -0.3 is 4.90 Å². The molecule has 2 fully saturated rings. The topological polar surface area (TPSA) is 69.7 Å². The molecule has 0 radical (unpaired) electrons. The quantitative estimate of drug-likeness (QED) is 0.741. The van der Waals surface area contributed by atoms with Crippen LogP contribution in [0.4, 0.5) is 4.39 Å². The van der Waals surface area contributed by atoms with Gasteiger partial charge >= 0.3 is 0 Å². The van der Waals surface area contributed by atoms with Crippen LogP contribution in [-0.4, -0.2) is 46.7 Å². The second-order valence-electron chi connectivity index (χ2n) is 8.61. The number of nitrogens with one attached hydrogen (secondary N) is 1. The minimum Gasteiger partial charge on any atom is -0.322 e. The molecule has 1 aromatic carbocycles. The highest BCUT2D eigenvalue weighted by atomic mass is 32.1. The summed E-state index contributed by atoms with van der Waals surface area (Å²) in [7, 11) is 0. The zero-order chi connectivity index (χ0) is 21.5. The normalized spacial score (nSPS) is 22.7. The summed E-state index contributed by atoms with van der Waals surface area (Å²) in [4.78, 5) is 40.3. The van der Waals surface area contributed by atoms with Crippen molar-refractivity contribution in [3.8, 4) is 0 Å². The van der Waals surface area contributed by atoms with E-state index in [0.717, 1.165) is 38.0 Å². The summed E-state index contributed by atoms with van der Waals surface area (Å²) in [6.45, 7) is 3.04. The fraction of sp³-hybridized carbons (Fsp3) is 0.435. The third-order valence-electron chi connectivity index (χ3n) is 6.65. The van der Waals surface area contributed by atoms with Crippen molar-refractivity contribution in [2.45, 2.75) is 50.7 Å². The van der Waals surface area contributed by atoms with Gasteiger partial charge in [0.25, 0.3) is 5.91 Å². The van der Waals surface area contributed by atoms with Crippen LogP contribution in [0.2, 0.25) is 0 Å². The Labute approximate surface area is 184 Å². The number of imide groups is 1. The van der Waals surface area contributed by atoms with Crippen LogP contribution in [0.1, 0.15) is 58.6 Å². The standard InChI is InChI=1S/C23H24FN3O3S/c24-19-10-18-16(12-27(23(18)30)20-1-2-21(28)25-22(20)29)9-17(19)15-3-6-26(7-4-15)11-14-5-8-31-13-14/h5,8-10,13,15,20H,1-4,6-7,11-12H2,(H,25,28,29). The molecule has 1 unspecified atom stereocenters. The van der Waals surface area contributed by atoms with E-state index >= 15 is 0 Å². The van der Waals surface area contributed by atoms with E-state index < -0.39 is 11.9 Å². The first kappa shape index (κ1) is 20.3. The molecule has 8 heteroatoms. The number of fused-ring (bicyclic) bond motifs is 1.